The number of halogens is 1. The van der Waals surface area contributed by atoms with Crippen molar-refractivity contribution in [3.8, 4) is 0 Å². The topological polar surface area (TPSA) is 66.4 Å². The number of rotatable bonds is 6. The van der Waals surface area contributed by atoms with E-state index in [0.717, 1.165) is 11.6 Å². The first-order valence-corrected chi connectivity index (χ1v) is 8.34. The van der Waals surface area contributed by atoms with Crippen molar-refractivity contribution >= 4 is 10.0 Å². The summed E-state index contributed by atoms with van der Waals surface area (Å²) in [7, 11) is -3.76. The zero-order chi connectivity index (χ0) is 16.2. The van der Waals surface area contributed by atoms with Gasteiger partial charge in [-0.15, -0.1) is 0 Å². The molecule has 0 aromatic heterocycles. The quantitative estimate of drug-likeness (QED) is 0.855. The number of hydrogen-bond acceptors (Lipinski definition) is 3. The largest absolute Gasteiger partial charge is 0.391 e. The van der Waals surface area contributed by atoms with Crippen molar-refractivity contribution in [1.29, 1.82) is 0 Å². The molecule has 0 saturated heterocycles. The molecule has 22 heavy (non-hydrogen) atoms. The highest BCUT2D eigenvalue weighted by Crippen LogP contribution is 2.14. The van der Waals surface area contributed by atoms with E-state index in [1.165, 1.54) is 19.1 Å². The Kier molecular flexibility index (Phi) is 5.28. The van der Waals surface area contributed by atoms with Crippen molar-refractivity contribution in [1.82, 2.24) is 4.72 Å². The molecular formula is C16H18FNO3S. The Balaban J connectivity index is 1.98. The van der Waals surface area contributed by atoms with Gasteiger partial charge in [-0.2, -0.15) is 0 Å². The molecule has 0 saturated carbocycles. The molecule has 0 bridgehead atoms. The minimum absolute atomic E-state index is 0.0155. The summed E-state index contributed by atoms with van der Waals surface area (Å²) in [5, 5.41) is 9.92. The zero-order valence-corrected chi connectivity index (χ0v) is 13.0. The smallest absolute Gasteiger partial charge is 0.240 e. The Hall–Kier alpha value is -1.76. The molecular weight excluding hydrogens is 305 g/mol. The zero-order valence-electron chi connectivity index (χ0n) is 12.2. The highest BCUT2D eigenvalue weighted by molar-refractivity contribution is 7.89. The van der Waals surface area contributed by atoms with Crippen molar-refractivity contribution in [2.24, 2.45) is 0 Å². The summed E-state index contributed by atoms with van der Waals surface area (Å²) in [4.78, 5) is -0.0155. The summed E-state index contributed by atoms with van der Waals surface area (Å²) < 4.78 is 39.7. The van der Waals surface area contributed by atoms with Gasteiger partial charge in [0, 0.05) is 6.54 Å². The van der Waals surface area contributed by atoms with Crippen LogP contribution in [0.5, 0.6) is 0 Å². The predicted octanol–water partition coefficient (Wildman–Crippen LogP) is 2.02. The maximum Gasteiger partial charge on any atom is 0.240 e. The Morgan fingerprint density at radius 2 is 1.86 bits per heavy atom. The maximum absolute atomic E-state index is 13.2. The molecule has 2 rings (SSSR count). The Bertz CT molecular complexity index is 732. The Morgan fingerprint density at radius 3 is 2.50 bits per heavy atom. The Morgan fingerprint density at radius 1 is 1.18 bits per heavy atom. The van der Waals surface area contributed by atoms with Gasteiger partial charge in [-0.1, -0.05) is 30.3 Å². The van der Waals surface area contributed by atoms with Crippen LogP contribution in [0.15, 0.2) is 53.4 Å². The molecule has 0 amide bonds. The standard InChI is InChI=1S/C16H18FNO3S/c1-12-9-15(7-8-16(12)17)22(20,21)18-11-14(19)10-13-5-3-2-4-6-13/h2-9,14,18-19H,10-11H2,1H3. The van der Waals surface area contributed by atoms with E-state index in [1.54, 1.807) is 0 Å². The van der Waals surface area contributed by atoms with Gasteiger partial charge in [0.1, 0.15) is 5.82 Å². The summed E-state index contributed by atoms with van der Waals surface area (Å²) >= 11 is 0. The second-order valence-corrected chi connectivity index (χ2v) is 6.87. The molecule has 4 nitrogen and oxygen atoms in total. The lowest BCUT2D eigenvalue weighted by Crippen LogP contribution is -2.33. The molecule has 0 aliphatic heterocycles. The van der Waals surface area contributed by atoms with E-state index >= 15 is 0 Å². The third kappa shape index (κ3) is 4.37. The van der Waals surface area contributed by atoms with Crippen LogP contribution in [0.1, 0.15) is 11.1 Å². The molecule has 0 aliphatic rings. The van der Waals surface area contributed by atoms with E-state index < -0.39 is 21.9 Å². The van der Waals surface area contributed by atoms with Crippen LogP contribution in [0.3, 0.4) is 0 Å². The minimum Gasteiger partial charge on any atom is -0.391 e. The van der Waals surface area contributed by atoms with Gasteiger partial charge < -0.3 is 5.11 Å². The average molecular weight is 323 g/mol. The normalized spacial score (nSPS) is 13.0. The lowest BCUT2D eigenvalue weighted by Gasteiger charge is -2.13. The van der Waals surface area contributed by atoms with E-state index in [4.69, 9.17) is 0 Å². The van der Waals surface area contributed by atoms with Crippen LogP contribution in [0.4, 0.5) is 4.39 Å². The summed E-state index contributed by atoms with van der Waals surface area (Å²) in [6.07, 6.45) is -0.482. The minimum atomic E-state index is -3.76. The van der Waals surface area contributed by atoms with Gasteiger partial charge in [0.25, 0.3) is 0 Å². The summed E-state index contributed by atoms with van der Waals surface area (Å²) in [5.41, 5.74) is 1.18. The van der Waals surface area contributed by atoms with Crippen LogP contribution in [0.25, 0.3) is 0 Å². The first-order chi connectivity index (χ1) is 10.4. The van der Waals surface area contributed by atoms with Gasteiger partial charge >= 0.3 is 0 Å². The van der Waals surface area contributed by atoms with E-state index in [0.29, 0.717) is 6.42 Å². The summed E-state index contributed by atoms with van der Waals surface area (Å²) in [6, 6.07) is 12.9. The first kappa shape index (κ1) is 16.6. The Labute approximate surface area is 129 Å². The van der Waals surface area contributed by atoms with Gasteiger partial charge in [-0.3, -0.25) is 0 Å². The van der Waals surface area contributed by atoms with Crippen LogP contribution >= 0.6 is 0 Å². The monoisotopic (exact) mass is 323 g/mol. The highest BCUT2D eigenvalue weighted by atomic mass is 32.2. The highest BCUT2D eigenvalue weighted by Gasteiger charge is 2.17. The fourth-order valence-electron chi connectivity index (χ4n) is 2.03. The van der Waals surface area contributed by atoms with Crippen LogP contribution in [-0.4, -0.2) is 26.2 Å². The lowest BCUT2D eigenvalue weighted by molar-refractivity contribution is 0.179. The van der Waals surface area contributed by atoms with Crippen molar-refractivity contribution in [2.45, 2.75) is 24.3 Å². The fourth-order valence-corrected chi connectivity index (χ4v) is 3.19. The van der Waals surface area contributed by atoms with E-state index in [1.807, 2.05) is 30.3 Å². The van der Waals surface area contributed by atoms with Crippen LogP contribution in [0.2, 0.25) is 0 Å². The van der Waals surface area contributed by atoms with Gasteiger partial charge in [-0.25, -0.2) is 17.5 Å². The number of benzene rings is 2. The van der Waals surface area contributed by atoms with Gasteiger partial charge in [0.05, 0.1) is 11.0 Å². The fraction of sp³-hybridized carbons (Fsp3) is 0.250. The van der Waals surface area contributed by atoms with E-state index in [9.17, 15) is 17.9 Å². The van der Waals surface area contributed by atoms with Crippen molar-refractivity contribution < 1.29 is 17.9 Å². The molecule has 0 aliphatic carbocycles. The summed E-state index contributed by atoms with van der Waals surface area (Å²) in [5.74, 6) is -0.455. The van der Waals surface area contributed by atoms with Gasteiger partial charge in [0.15, 0.2) is 0 Å². The molecule has 2 aromatic rings. The molecule has 1 unspecified atom stereocenters. The number of sulfonamides is 1. The van der Waals surface area contributed by atoms with Crippen LogP contribution in [0, 0.1) is 12.7 Å². The average Bonchev–Trinajstić information content (AvgIpc) is 2.49. The number of hydrogen-bond donors (Lipinski definition) is 2. The molecule has 1 atom stereocenters. The number of nitrogens with one attached hydrogen (secondary N) is 1. The molecule has 2 aromatic carbocycles. The lowest BCUT2D eigenvalue weighted by atomic mass is 10.1. The SMILES string of the molecule is Cc1cc(S(=O)(=O)NCC(O)Cc2ccccc2)ccc1F. The van der Waals surface area contributed by atoms with Crippen molar-refractivity contribution in [2.75, 3.05) is 6.54 Å². The third-order valence-corrected chi connectivity index (χ3v) is 4.68. The predicted molar refractivity (Wildman–Crippen MR) is 82.5 cm³/mol. The number of aryl methyl sites for hydroxylation is 1. The molecule has 6 heteroatoms. The van der Waals surface area contributed by atoms with Gasteiger partial charge in [-0.05, 0) is 42.7 Å². The van der Waals surface area contributed by atoms with E-state index in [-0.39, 0.29) is 17.0 Å². The molecule has 0 radical (unpaired) electrons. The van der Waals surface area contributed by atoms with Crippen molar-refractivity contribution in [3.63, 3.8) is 0 Å². The maximum atomic E-state index is 13.2. The second kappa shape index (κ2) is 7.00. The molecule has 0 spiro atoms. The van der Waals surface area contributed by atoms with Crippen LogP contribution in [-0.2, 0) is 16.4 Å². The van der Waals surface area contributed by atoms with Crippen molar-refractivity contribution in [3.05, 3.63) is 65.5 Å². The third-order valence-electron chi connectivity index (χ3n) is 3.26. The molecule has 2 N–H and O–H groups in total. The molecule has 0 heterocycles. The van der Waals surface area contributed by atoms with E-state index in [2.05, 4.69) is 4.72 Å². The molecule has 0 fully saturated rings. The number of aliphatic hydroxyl groups is 1. The van der Waals surface area contributed by atoms with Crippen LogP contribution < -0.4 is 4.72 Å². The summed E-state index contributed by atoms with van der Waals surface area (Å²) in [6.45, 7) is 1.40. The van der Waals surface area contributed by atoms with Gasteiger partial charge in [0.2, 0.25) is 10.0 Å². The first-order valence-electron chi connectivity index (χ1n) is 6.86. The number of aliphatic hydroxyl groups excluding tert-OH is 1. The molecule has 118 valence electrons. The second-order valence-electron chi connectivity index (χ2n) is 5.11.